The van der Waals surface area contributed by atoms with Crippen LogP contribution in [0.25, 0.3) is 0 Å². The monoisotopic (exact) mass is 365 g/mol. The number of hydrogen-bond donors (Lipinski definition) is 1. The van der Waals surface area contributed by atoms with E-state index in [1.807, 2.05) is 0 Å². The van der Waals surface area contributed by atoms with Crippen molar-refractivity contribution in [2.24, 2.45) is 0 Å². The van der Waals surface area contributed by atoms with E-state index in [4.69, 9.17) is 0 Å². The second kappa shape index (κ2) is 16.7. The molecule has 1 unspecified atom stereocenters. The van der Waals surface area contributed by atoms with Gasteiger partial charge < -0.3 is 6.15 Å². The fourth-order valence-electron chi connectivity index (χ4n) is 3.37. The van der Waals surface area contributed by atoms with Crippen molar-refractivity contribution in [3.05, 3.63) is 35.9 Å². The van der Waals surface area contributed by atoms with Gasteiger partial charge >= 0.3 is 20.4 Å². The van der Waals surface area contributed by atoms with Crippen LogP contribution in [-0.2, 0) is 3.54 Å². The van der Waals surface area contributed by atoms with Crippen molar-refractivity contribution >= 4 is 32.8 Å². The van der Waals surface area contributed by atoms with Crippen LogP contribution in [-0.4, -0.2) is 20.4 Å². The molecule has 0 heterocycles. The van der Waals surface area contributed by atoms with Crippen LogP contribution >= 0.6 is 12.4 Å². The third-order valence-corrected chi connectivity index (χ3v) is 7.66. The van der Waals surface area contributed by atoms with Crippen molar-refractivity contribution in [2.45, 2.75) is 93.1 Å². The van der Waals surface area contributed by atoms with Gasteiger partial charge in [-0.15, -0.1) is 16.0 Å². The van der Waals surface area contributed by atoms with Crippen molar-refractivity contribution in [3.8, 4) is 0 Å². The Bertz CT molecular complexity index is 371. The number of unbranched alkanes of at least 4 members (excludes halogenated alkanes) is 9. The van der Waals surface area contributed by atoms with Crippen molar-refractivity contribution in [3.63, 3.8) is 0 Å². The summed E-state index contributed by atoms with van der Waals surface area (Å²) in [4.78, 5) is 0. The van der Waals surface area contributed by atoms with E-state index in [0.717, 1.165) is 0 Å². The van der Waals surface area contributed by atoms with Crippen LogP contribution in [0.15, 0.2) is 30.3 Å². The molecule has 0 spiro atoms. The molecule has 0 fully saturated rings. The molecule has 138 valence electrons. The molecule has 0 aliphatic carbocycles. The lowest BCUT2D eigenvalue weighted by Gasteiger charge is -2.29. The van der Waals surface area contributed by atoms with Crippen molar-refractivity contribution in [1.82, 2.24) is 6.15 Å². The number of rotatable bonds is 13. The summed E-state index contributed by atoms with van der Waals surface area (Å²) in [7, 11) is 0. The Balaban J connectivity index is 0. The zero-order valence-electron chi connectivity index (χ0n) is 16.5. The summed E-state index contributed by atoms with van der Waals surface area (Å²) in [5.41, 5.74) is 1.58. The van der Waals surface area contributed by atoms with E-state index in [2.05, 4.69) is 49.2 Å². The highest BCUT2D eigenvalue weighted by Gasteiger charge is 2.24. The van der Waals surface area contributed by atoms with Gasteiger partial charge in [0.05, 0.1) is 0 Å². The first-order valence-electron chi connectivity index (χ1n) is 9.78. The van der Waals surface area contributed by atoms with Gasteiger partial charge in [0.1, 0.15) is 0 Å². The largest absolute Gasteiger partial charge is 0.376 e. The maximum Gasteiger partial charge on any atom is 0.376 e. The first-order valence-corrected chi connectivity index (χ1v) is 11.9. The van der Waals surface area contributed by atoms with Crippen molar-refractivity contribution in [2.75, 3.05) is 0 Å². The molecule has 1 nitrogen and oxygen atoms in total. The summed E-state index contributed by atoms with van der Waals surface area (Å²) in [5.74, 6) is 0. The zero-order valence-corrected chi connectivity index (χ0v) is 18.7. The van der Waals surface area contributed by atoms with Gasteiger partial charge in [0, 0.05) is 0 Å². The van der Waals surface area contributed by atoms with Gasteiger partial charge in [0.2, 0.25) is 0 Å². The SMILES string of the molecule is CCCCCCCCCCCC[C](C)([Mg][CH3])c1ccccc1.Cl.N. The molecule has 0 aromatic heterocycles. The normalized spacial score (nSPS) is 12.5. The van der Waals surface area contributed by atoms with Gasteiger partial charge in [-0.05, 0) is 0 Å². The minimum atomic E-state index is -0.0227. The van der Waals surface area contributed by atoms with E-state index >= 15 is 0 Å². The summed E-state index contributed by atoms with van der Waals surface area (Å²) in [6.45, 7) is 4.80. The Morgan fingerprint density at radius 3 is 1.71 bits per heavy atom. The molecule has 24 heavy (non-hydrogen) atoms. The van der Waals surface area contributed by atoms with E-state index in [1.54, 1.807) is 5.56 Å². The van der Waals surface area contributed by atoms with Gasteiger partial charge in [-0.1, -0.05) is 120 Å². The number of halogens is 1. The number of benzene rings is 1. The van der Waals surface area contributed by atoms with Crippen LogP contribution in [0, 0.1) is 0 Å². The third-order valence-electron chi connectivity index (χ3n) is 5.33. The Morgan fingerprint density at radius 1 is 0.792 bits per heavy atom. The summed E-state index contributed by atoms with van der Waals surface area (Å²) < 4.78 is 0.515. The molecule has 1 atom stereocenters. The van der Waals surface area contributed by atoms with Gasteiger partial charge in [-0.2, -0.15) is 5.05 Å². The minimum Gasteiger partial charge on any atom is -0.344 e. The lowest BCUT2D eigenvalue weighted by Crippen LogP contribution is -2.27. The predicted molar refractivity (Wildman–Crippen MR) is 114 cm³/mol. The molecule has 0 saturated carbocycles. The minimum absolute atomic E-state index is 0. The van der Waals surface area contributed by atoms with E-state index in [0.29, 0.717) is 3.54 Å². The first-order chi connectivity index (χ1) is 10.7. The molecule has 1 aromatic carbocycles. The Hall–Kier alpha value is 0.236. The molecular weight excluding hydrogens is 326 g/mol. The second-order valence-corrected chi connectivity index (χ2v) is 9.48. The van der Waals surface area contributed by atoms with Crippen LogP contribution in [0.3, 0.4) is 0 Å². The van der Waals surface area contributed by atoms with Gasteiger partial charge in [0.15, 0.2) is 0 Å². The molecule has 0 aliphatic rings. The molecule has 3 heteroatoms. The quantitative estimate of drug-likeness (QED) is 0.284. The second-order valence-electron chi connectivity index (χ2n) is 7.21. The summed E-state index contributed by atoms with van der Waals surface area (Å²) >= 11 is -0.0227. The van der Waals surface area contributed by atoms with Crippen LogP contribution in [0.2, 0.25) is 5.05 Å². The van der Waals surface area contributed by atoms with Crippen LogP contribution in [0.1, 0.15) is 90.0 Å². The third kappa shape index (κ3) is 11.0. The molecule has 0 aliphatic heterocycles. The van der Waals surface area contributed by atoms with Crippen molar-refractivity contribution in [1.29, 1.82) is 0 Å². The molecule has 1 aromatic rings. The molecule has 0 bridgehead atoms. The highest BCUT2D eigenvalue weighted by molar-refractivity contribution is 6.38. The Morgan fingerprint density at radius 2 is 1.25 bits per heavy atom. The van der Waals surface area contributed by atoms with E-state index < -0.39 is 0 Å². The summed E-state index contributed by atoms with van der Waals surface area (Å²) in [6.07, 6.45) is 15.8. The fraction of sp³-hybridized carbons (Fsp3) is 0.714. The van der Waals surface area contributed by atoms with E-state index in [9.17, 15) is 0 Å². The van der Waals surface area contributed by atoms with Gasteiger partial charge in [-0.25, -0.2) is 0 Å². The fourth-order valence-corrected chi connectivity index (χ4v) is 4.62. The topological polar surface area (TPSA) is 35.0 Å². The Labute approximate surface area is 167 Å². The Kier molecular flexibility index (Phi) is 18.4. The molecule has 1 rings (SSSR count). The highest BCUT2D eigenvalue weighted by Crippen LogP contribution is 2.29. The predicted octanol–water partition coefficient (Wildman–Crippen LogP) is 7.55. The summed E-state index contributed by atoms with van der Waals surface area (Å²) in [6, 6.07) is 11.2. The molecular formula is C21H40ClMgN. The lowest BCUT2D eigenvalue weighted by molar-refractivity contribution is 0.511. The van der Waals surface area contributed by atoms with E-state index in [1.165, 1.54) is 70.6 Å². The lowest BCUT2D eigenvalue weighted by atomic mass is 9.93. The van der Waals surface area contributed by atoms with Gasteiger partial charge in [0.25, 0.3) is 0 Å². The standard InChI is InChI=1S/C20H33.CH3.ClH.Mg.H3N/c1-3-4-5-6-7-8-9-10-11-13-16-19(2)20-17-14-12-15-18-20;;;;/h12,14-15,17-18H,3-11,13,16H2,1-2H3;1H3;1H;;1H3. The zero-order chi connectivity index (χ0) is 16.1. The smallest absolute Gasteiger partial charge is 0.344 e. The first kappa shape index (κ1) is 26.5. The van der Waals surface area contributed by atoms with Crippen molar-refractivity contribution < 1.29 is 0 Å². The average molecular weight is 366 g/mol. The molecule has 0 amide bonds. The maximum atomic E-state index is 2.50. The van der Waals surface area contributed by atoms with Crippen LogP contribution in [0.4, 0.5) is 0 Å². The van der Waals surface area contributed by atoms with Crippen LogP contribution < -0.4 is 6.15 Å². The molecule has 3 N–H and O–H groups in total. The summed E-state index contributed by atoms with van der Waals surface area (Å²) in [5, 5.41) is 2.48. The average Bonchev–Trinajstić information content (AvgIpc) is 2.57. The maximum absolute atomic E-state index is 2.50. The van der Waals surface area contributed by atoms with E-state index in [-0.39, 0.29) is 38.9 Å². The van der Waals surface area contributed by atoms with Gasteiger partial charge in [-0.3, -0.25) is 0 Å². The molecule has 0 radical (unpaired) electrons. The van der Waals surface area contributed by atoms with Crippen LogP contribution in [0.5, 0.6) is 0 Å². The highest BCUT2D eigenvalue weighted by atomic mass is 35.5. The molecule has 0 saturated heterocycles. The number of hydrogen-bond acceptors (Lipinski definition) is 1.